The molecule has 0 fully saturated rings. The standard InChI is InChI=1S/C17H27I.H3N/c1-3-4-5-6-7-8-13-17(18)14-16-12-10-9-11-15(16)2;/h9-12,17H,3-8,13-14H2,1-2H3;1H3. The van der Waals surface area contributed by atoms with Gasteiger partial charge in [0.15, 0.2) is 0 Å². The molecule has 0 spiro atoms. The van der Waals surface area contributed by atoms with Gasteiger partial charge in [0, 0.05) is 3.92 Å². The number of halogens is 1. The molecule has 0 aliphatic carbocycles. The van der Waals surface area contributed by atoms with Crippen LogP contribution in [0.25, 0.3) is 0 Å². The zero-order chi connectivity index (χ0) is 13.2. The summed E-state index contributed by atoms with van der Waals surface area (Å²) in [6, 6.07) is 8.80. The van der Waals surface area contributed by atoms with Gasteiger partial charge in [-0.2, -0.15) is 0 Å². The topological polar surface area (TPSA) is 35.0 Å². The summed E-state index contributed by atoms with van der Waals surface area (Å²) in [5, 5.41) is 0. The fourth-order valence-corrected chi connectivity index (χ4v) is 3.24. The fourth-order valence-electron chi connectivity index (χ4n) is 2.33. The van der Waals surface area contributed by atoms with Crippen molar-refractivity contribution in [1.82, 2.24) is 6.15 Å². The molecule has 0 amide bonds. The molecule has 19 heavy (non-hydrogen) atoms. The molecular weight excluding hydrogens is 345 g/mol. The second-order valence-corrected chi connectivity index (χ2v) is 7.05. The van der Waals surface area contributed by atoms with E-state index in [1.54, 1.807) is 0 Å². The molecule has 1 rings (SSSR count). The zero-order valence-electron chi connectivity index (χ0n) is 12.6. The number of unbranched alkanes of at least 4 members (excludes halogenated alkanes) is 5. The van der Waals surface area contributed by atoms with E-state index >= 15 is 0 Å². The molecule has 0 bridgehead atoms. The third-order valence-corrected chi connectivity index (χ3v) is 4.64. The van der Waals surface area contributed by atoms with Crippen LogP contribution in [0.15, 0.2) is 24.3 Å². The summed E-state index contributed by atoms with van der Waals surface area (Å²) in [6.07, 6.45) is 11.1. The largest absolute Gasteiger partial charge is 0.344 e. The lowest BCUT2D eigenvalue weighted by molar-refractivity contribution is 0.585. The number of hydrogen-bond donors (Lipinski definition) is 1. The van der Waals surface area contributed by atoms with Gasteiger partial charge in [-0.15, -0.1) is 0 Å². The van der Waals surface area contributed by atoms with Crippen LogP contribution in [0.2, 0.25) is 0 Å². The van der Waals surface area contributed by atoms with Crippen LogP contribution in [-0.4, -0.2) is 3.92 Å². The van der Waals surface area contributed by atoms with Crippen LogP contribution in [-0.2, 0) is 6.42 Å². The molecule has 1 aromatic carbocycles. The summed E-state index contributed by atoms with van der Waals surface area (Å²) in [6.45, 7) is 4.51. The van der Waals surface area contributed by atoms with Gasteiger partial charge >= 0.3 is 0 Å². The average Bonchev–Trinajstić information content (AvgIpc) is 2.36. The molecule has 1 nitrogen and oxygen atoms in total. The van der Waals surface area contributed by atoms with Gasteiger partial charge in [-0.3, -0.25) is 0 Å². The van der Waals surface area contributed by atoms with E-state index in [9.17, 15) is 0 Å². The lowest BCUT2D eigenvalue weighted by Crippen LogP contribution is -2.03. The van der Waals surface area contributed by atoms with Gasteiger partial charge in [0.1, 0.15) is 0 Å². The SMILES string of the molecule is CCCCCCCCC(I)Cc1ccccc1C.N. The Hall–Kier alpha value is -0.0900. The summed E-state index contributed by atoms with van der Waals surface area (Å²) >= 11 is 2.63. The van der Waals surface area contributed by atoms with E-state index < -0.39 is 0 Å². The maximum atomic E-state index is 2.63. The molecule has 0 aliphatic rings. The maximum Gasteiger partial charge on any atom is 0.0150 e. The molecule has 0 saturated carbocycles. The van der Waals surface area contributed by atoms with Crippen molar-refractivity contribution in [2.24, 2.45) is 0 Å². The Kier molecular flexibility index (Phi) is 11.7. The Morgan fingerprint density at radius 2 is 1.63 bits per heavy atom. The summed E-state index contributed by atoms with van der Waals surface area (Å²) in [4.78, 5) is 0. The second-order valence-electron chi connectivity index (χ2n) is 5.28. The van der Waals surface area contributed by atoms with Gasteiger partial charge in [-0.05, 0) is 30.9 Å². The predicted molar refractivity (Wildman–Crippen MR) is 95.7 cm³/mol. The quantitative estimate of drug-likeness (QED) is 0.309. The summed E-state index contributed by atoms with van der Waals surface area (Å²) in [5.74, 6) is 0. The van der Waals surface area contributed by atoms with Crippen molar-refractivity contribution in [3.8, 4) is 0 Å². The van der Waals surface area contributed by atoms with Crippen molar-refractivity contribution >= 4 is 22.6 Å². The van der Waals surface area contributed by atoms with Gasteiger partial charge in [-0.1, -0.05) is 92.3 Å². The molecule has 2 heteroatoms. The monoisotopic (exact) mass is 375 g/mol. The molecular formula is C17H30IN. The van der Waals surface area contributed by atoms with Crippen LogP contribution in [0.4, 0.5) is 0 Å². The Morgan fingerprint density at radius 3 is 2.32 bits per heavy atom. The molecule has 0 aliphatic heterocycles. The van der Waals surface area contributed by atoms with Crippen LogP contribution in [0.3, 0.4) is 0 Å². The van der Waals surface area contributed by atoms with Gasteiger partial charge in [-0.25, -0.2) is 0 Å². The molecule has 0 aromatic heterocycles. The van der Waals surface area contributed by atoms with Crippen molar-refractivity contribution in [3.63, 3.8) is 0 Å². The van der Waals surface area contributed by atoms with Crippen LogP contribution in [0.5, 0.6) is 0 Å². The number of hydrogen-bond acceptors (Lipinski definition) is 1. The summed E-state index contributed by atoms with van der Waals surface area (Å²) < 4.78 is 0.801. The van der Waals surface area contributed by atoms with E-state index in [1.165, 1.54) is 62.5 Å². The summed E-state index contributed by atoms with van der Waals surface area (Å²) in [7, 11) is 0. The Labute approximate surface area is 133 Å². The van der Waals surface area contributed by atoms with Crippen molar-refractivity contribution < 1.29 is 0 Å². The minimum atomic E-state index is 0. The number of rotatable bonds is 9. The highest BCUT2D eigenvalue weighted by Gasteiger charge is 2.06. The number of benzene rings is 1. The van der Waals surface area contributed by atoms with Crippen LogP contribution < -0.4 is 6.15 Å². The highest BCUT2D eigenvalue weighted by Crippen LogP contribution is 2.19. The van der Waals surface area contributed by atoms with Gasteiger partial charge in [0.2, 0.25) is 0 Å². The smallest absolute Gasteiger partial charge is 0.0150 e. The Bertz CT molecular complexity index is 325. The zero-order valence-corrected chi connectivity index (χ0v) is 14.8. The molecule has 0 radical (unpaired) electrons. The first-order valence-electron chi connectivity index (χ1n) is 7.42. The molecule has 1 atom stereocenters. The Morgan fingerprint density at radius 1 is 1.00 bits per heavy atom. The molecule has 1 aromatic rings. The third-order valence-electron chi connectivity index (χ3n) is 3.57. The first-order chi connectivity index (χ1) is 8.74. The molecule has 1 unspecified atom stereocenters. The lowest BCUT2D eigenvalue weighted by atomic mass is 10.0. The number of aryl methyl sites for hydroxylation is 1. The van der Waals surface area contributed by atoms with E-state index in [2.05, 4.69) is 60.7 Å². The minimum Gasteiger partial charge on any atom is -0.344 e. The van der Waals surface area contributed by atoms with Gasteiger partial charge in [0.25, 0.3) is 0 Å². The molecule has 110 valence electrons. The van der Waals surface area contributed by atoms with Crippen LogP contribution in [0, 0.1) is 6.92 Å². The Balaban J connectivity index is 0.00000324. The van der Waals surface area contributed by atoms with E-state index in [1.807, 2.05) is 0 Å². The van der Waals surface area contributed by atoms with Crippen LogP contribution >= 0.6 is 22.6 Å². The maximum absolute atomic E-state index is 2.63. The third kappa shape index (κ3) is 8.64. The highest BCUT2D eigenvalue weighted by molar-refractivity contribution is 14.1. The average molecular weight is 375 g/mol. The van der Waals surface area contributed by atoms with Crippen molar-refractivity contribution in [2.45, 2.75) is 69.1 Å². The predicted octanol–water partition coefficient (Wildman–Crippen LogP) is 6.25. The second kappa shape index (κ2) is 11.7. The van der Waals surface area contributed by atoms with E-state index in [0.717, 1.165) is 3.92 Å². The first kappa shape index (κ1) is 18.9. The minimum absolute atomic E-state index is 0. The number of alkyl halides is 1. The van der Waals surface area contributed by atoms with Crippen LogP contribution in [0.1, 0.15) is 63.0 Å². The first-order valence-corrected chi connectivity index (χ1v) is 8.67. The van der Waals surface area contributed by atoms with Crippen molar-refractivity contribution in [1.29, 1.82) is 0 Å². The molecule has 3 N–H and O–H groups in total. The van der Waals surface area contributed by atoms with Crippen molar-refractivity contribution in [2.75, 3.05) is 0 Å². The lowest BCUT2D eigenvalue weighted by Gasteiger charge is -2.11. The molecule has 0 saturated heterocycles. The van der Waals surface area contributed by atoms with Crippen molar-refractivity contribution in [3.05, 3.63) is 35.4 Å². The normalized spacial score (nSPS) is 11.9. The highest BCUT2D eigenvalue weighted by atomic mass is 127. The van der Waals surface area contributed by atoms with Gasteiger partial charge < -0.3 is 6.15 Å². The molecule has 0 heterocycles. The van der Waals surface area contributed by atoms with E-state index in [4.69, 9.17) is 0 Å². The van der Waals surface area contributed by atoms with E-state index in [-0.39, 0.29) is 6.15 Å². The van der Waals surface area contributed by atoms with Gasteiger partial charge in [0.05, 0.1) is 0 Å². The van der Waals surface area contributed by atoms with E-state index in [0.29, 0.717) is 0 Å². The fraction of sp³-hybridized carbons (Fsp3) is 0.647. The summed E-state index contributed by atoms with van der Waals surface area (Å²) in [5.41, 5.74) is 2.98.